The fourth-order valence-electron chi connectivity index (χ4n) is 1.82. The summed E-state index contributed by atoms with van der Waals surface area (Å²) < 4.78 is 27.5. The Morgan fingerprint density at radius 2 is 2.05 bits per heavy atom. The second-order valence-corrected chi connectivity index (χ2v) is 7.87. The Labute approximate surface area is 129 Å². The highest BCUT2D eigenvalue weighted by Gasteiger charge is 2.25. The van der Waals surface area contributed by atoms with E-state index in [0.29, 0.717) is 6.54 Å². The summed E-state index contributed by atoms with van der Waals surface area (Å²) in [7, 11) is -3.55. The van der Waals surface area contributed by atoms with E-state index in [1.54, 1.807) is 18.2 Å². The van der Waals surface area contributed by atoms with Gasteiger partial charge >= 0.3 is 0 Å². The monoisotopic (exact) mass is 358 g/mol. The lowest BCUT2D eigenvalue weighted by atomic mass is 10.2. The van der Waals surface area contributed by atoms with Crippen LogP contribution in [0.25, 0.3) is 0 Å². The second-order valence-electron chi connectivity index (χ2n) is 5.08. The number of benzene rings is 1. The van der Waals surface area contributed by atoms with E-state index in [0.717, 1.165) is 10.0 Å². The van der Waals surface area contributed by atoms with Crippen molar-refractivity contribution in [3.8, 4) is 6.07 Å². The van der Waals surface area contributed by atoms with Crippen molar-refractivity contribution in [1.29, 1.82) is 5.26 Å². The Morgan fingerprint density at radius 3 is 2.55 bits per heavy atom. The van der Waals surface area contributed by atoms with Crippen LogP contribution in [0.5, 0.6) is 0 Å². The molecular formula is C14H19BrN2O2S. The summed E-state index contributed by atoms with van der Waals surface area (Å²) in [6, 6.07) is 6.98. The van der Waals surface area contributed by atoms with Gasteiger partial charge in [0.05, 0.1) is 11.0 Å². The molecule has 0 amide bonds. The Hall–Kier alpha value is -0.900. The van der Waals surface area contributed by atoms with E-state index in [4.69, 9.17) is 5.26 Å². The number of nitrogens with zero attached hydrogens (tertiary/aromatic N) is 2. The van der Waals surface area contributed by atoms with E-state index < -0.39 is 10.0 Å². The molecule has 20 heavy (non-hydrogen) atoms. The lowest BCUT2D eigenvalue weighted by Crippen LogP contribution is -2.35. The van der Waals surface area contributed by atoms with Gasteiger partial charge in [0.1, 0.15) is 0 Å². The number of aryl methyl sites for hydroxylation is 1. The molecule has 1 rings (SSSR count). The molecule has 0 unspecified atom stereocenters. The lowest BCUT2D eigenvalue weighted by molar-refractivity contribution is 0.373. The molecule has 1 aromatic rings. The first-order valence-corrected chi connectivity index (χ1v) is 8.65. The average Bonchev–Trinajstić information content (AvgIpc) is 2.37. The number of hydrogen-bond acceptors (Lipinski definition) is 3. The predicted molar refractivity (Wildman–Crippen MR) is 82.7 cm³/mol. The van der Waals surface area contributed by atoms with E-state index in [1.807, 2.05) is 26.8 Å². The van der Waals surface area contributed by atoms with Crippen LogP contribution in [-0.4, -0.2) is 25.8 Å². The summed E-state index contributed by atoms with van der Waals surface area (Å²) in [6.07, 6.45) is 0.196. The first-order valence-electron chi connectivity index (χ1n) is 6.42. The van der Waals surface area contributed by atoms with Gasteiger partial charge in [-0.25, -0.2) is 8.42 Å². The van der Waals surface area contributed by atoms with Crippen LogP contribution in [0.2, 0.25) is 0 Å². The average molecular weight is 359 g/mol. The summed E-state index contributed by atoms with van der Waals surface area (Å²) >= 11 is 3.36. The Balaban J connectivity index is 3.14. The minimum absolute atomic E-state index is 0.196. The van der Waals surface area contributed by atoms with Crippen molar-refractivity contribution in [1.82, 2.24) is 4.31 Å². The summed E-state index contributed by atoms with van der Waals surface area (Å²) in [4.78, 5) is 0.275. The Morgan fingerprint density at radius 1 is 1.40 bits per heavy atom. The van der Waals surface area contributed by atoms with Crippen molar-refractivity contribution in [3.05, 3.63) is 28.2 Å². The number of halogens is 1. The number of rotatable bonds is 6. The normalized spacial score (nSPS) is 11.8. The zero-order valence-corrected chi connectivity index (χ0v) is 14.3. The highest BCUT2D eigenvalue weighted by Crippen LogP contribution is 2.23. The molecule has 1 aromatic carbocycles. The van der Waals surface area contributed by atoms with E-state index >= 15 is 0 Å². The minimum atomic E-state index is -3.55. The Kier molecular flexibility index (Phi) is 6.18. The molecule has 0 radical (unpaired) electrons. The van der Waals surface area contributed by atoms with Crippen molar-refractivity contribution in [2.45, 2.75) is 32.1 Å². The molecule has 0 aromatic heterocycles. The maximum absolute atomic E-state index is 12.6. The van der Waals surface area contributed by atoms with E-state index in [1.165, 1.54) is 4.31 Å². The summed E-state index contributed by atoms with van der Waals surface area (Å²) in [5.74, 6) is 0.208. The molecule has 0 N–H and O–H groups in total. The van der Waals surface area contributed by atoms with Crippen LogP contribution in [-0.2, 0) is 10.0 Å². The first-order chi connectivity index (χ1) is 9.28. The van der Waals surface area contributed by atoms with Gasteiger partial charge in [-0.05, 0) is 36.6 Å². The van der Waals surface area contributed by atoms with Crippen LogP contribution in [0.15, 0.2) is 27.6 Å². The standard InChI is InChI=1S/C14H19BrN2O2S/c1-11(2)10-17(8-4-7-16)20(18,19)13-5-6-14(15)12(3)9-13/h5-6,9,11H,4,8,10H2,1-3H3. The maximum atomic E-state index is 12.6. The van der Waals surface area contributed by atoms with Crippen molar-refractivity contribution < 1.29 is 8.42 Å². The molecule has 0 saturated heterocycles. The van der Waals surface area contributed by atoms with Crippen molar-refractivity contribution in [3.63, 3.8) is 0 Å². The van der Waals surface area contributed by atoms with Gasteiger partial charge in [0.2, 0.25) is 10.0 Å². The molecule has 0 spiro atoms. The lowest BCUT2D eigenvalue weighted by Gasteiger charge is -2.23. The van der Waals surface area contributed by atoms with Crippen molar-refractivity contribution >= 4 is 26.0 Å². The molecular weight excluding hydrogens is 340 g/mol. The molecule has 0 saturated carbocycles. The molecule has 0 atom stereocenters. The number of sulfonamides is 1. The zero-order valence-electron chi connectivity index (χ0n) is 11.9. The predicted octanol–water partition coefficient (Wildman–Crippen LogP) is 3.32. The van der Waals surface area contributed by atoms with Gasteiger partial charge in [0.15, 0.2) is 0 Å². The molecule has 4 nitrogen and oxygen atoms in total. The second kappa shape index (κ2) is 7.21. The van der Waals surface area contributed by atoms with Gasteiger partial charge < -0.3 is 0 Å². The number of nitriles is 1. The number of hydrogen-bond donors (Lipinski definition) is 0. The molecule has 0 fully saturated rings. The van der Waals surface area contributed by atoms with E-state index in [2.05, 4.69) is 15.9 Å². The SMILES string of the molecule is Cc1cc(S(=O)(=O)N(CCC#N)CC(C)C)ccc1Br. The highest BCUT2D eigenvalue weighted by molar-refractivity contribution is 9.10. The fraction of sp³-hybridized carbons (Fsp3) is 0.500. The van der Waals surface area contributed by atoms with Gasteiger partial charge in [0.25, 0.3) is 0 Å². The Bertz CT molecular complexity index is 606. The van der Waals surface area contributed by atoms with Gasteiger partial charge in [-0.2, -0.15) is 9.57 Å². The molecule has 0 aliphatic rings. The smallest absolute Gasteiger partial charge is 0.207 e. The molecule has 0 bridgehead atoms. The van der Waals surface area contributed by atoms with Crippen LogP contribution in [0.1, 0.15) is 25.8 Å². The summed E-state index contributed by atoms with van der Waals surface area (Å²) in [6.45, 7) is 6.42. The van der Waals surface area contributed by atoms with Crippen LogP contribution >= 0.6 is 15.9 Å². The molecule has 110 valence electrons. The molecule has 0 aliphatic heterocycles. The van der Waals surface area contributed by atoms with Gasteiger partial charge in [-0.15, -0.1) is 0 Å². The van der Waals surface area contributed by atoms with Gasteiger partial charge in [-0.3, -0.25) is 0 Å². The third-order valence-electron chi connectivity index (χ3n) is 2.81. The molecule has 0 aliphatic carbocycles. The molecule has 0 heterocycles. The summed E-state index contributed by atoms with van der Waals surface area (Å²) in [5.41, 5.74) is 0.871. The van der Waals surface area contributed by atoms with Crippen LogP contribution < -0.4 is 0 Å². The first kappa shape index (κ1) is 17.2. The van der Waals surface area contributed by atoms with E-state index in [-0.39, 0.29) is 23.8 Å². The van der Waals surface area contributed by atoms with Crippen LogP contribution in [0, 0.1) is 24.2 Å². The zero-order chi connectivity index (χ0) is 15.3. The minimum Gasteiger partial charge on any atom is -0.207 e. The van der Waals surface area contributed by atoms with Gasteiger partial charge in [-0.1, -0.05) is 29.8 Å². The maximum Gasteiger partial charge on any atom is 0.243 e. The van der Waals surface area contributed by atoms with Crippen molar-refractivity contribution in [2.24, 2.45) is 5.92 Å². The molecule has 6 heteroatoms. The third kappa shape index (κ3) is 4.30. The quantitative estimate of drug-likeness (QED) is 0.783. The third-order valence-corrected chi connectivity index (χ3v) is 5.56. The summed E-state index contributed by atoms with van der Waals surface area (Å²) in [5, 5.41) is 8.69. The van der Waals surface area contributed by atoms with Crippen molar-refractivity contribution in [2.75, 3.05) is 13.1 Å². The van der Waals surface area contributed by atoms with E-state index in [9.17, 15) is 8.42 Å². The van der Waals surface area contributed by atoms with Crippen LogP contribution in [0.3, 0.4) is 0 Å². The van der Waals surface area contributed by atoms with Gasteiger partial charge in [0, 0.05) is 24.0 Å². The topological polar surface area (TPSA) is 61.2 Å². The highest BCUT2D eigenvalue weighted by atomic mass is 79.9. The largest absolute Gasteiger partial charge is 0.243 e. The fourth-order valence-corrected chi connectivity index (χ4v) is 3.75. The van der Waals surface area contributed by atoms with Crippen LogP contribution in [0.4, 0.5) is 0 Å².